The molecule has 0 bridgehead atoms. The number of aromatic nitrogens is 1. The van der Waals surface area contributed by atoms with Gasteiger partial charge in [0.15, 0.2) is 0 Å². The van der Waals surface area contributed by atoms with Gasteiger partial charge in [-0.05, 0) is 16.8 Å². The minimum Gasteiger partial charge on any atom is -0.477 e. The zero-order valence-electron chi connectivity index (χ0n) is 9.31. The van der Waals surface area contributed by atoms with Crippen LogP contribution in [-0.2, 0) is 0 Å². The molecule has 3 aromatic rings. The lowest BCUT2D eigenvalue weighted by Gasteiger charge is -2.04. The van der Waals surface area contributed by atoms with Crippen molar-refractivity contribution in [2.75, 3.05) is 0 Å². The van der Waals surface area contributed by atoms with Crippen molar-refractivity contribution in [1.29, 1.82) is 0 Å². The van der Waals surface area contributed by atoms with Gasteiger partial charge in [-0.2, -0.15) is 0 Å². The number of hydrogen-bond donors (Lipinski definition) is 2. The van der Waals surface area contributed by atoms with Gasteiger partial charge in [-0.3, -0.25) is 4.79 Å². The van der Waals surface area contributed by atoms with Crippen molar-refractivity contribution < 1.29 is 9.90 Å². The summed E-state index contributed by atoms with van der Waals surface area (Å²) in [5.41, 5.74) is -0.0457. The smallest absolute Gasteiger partial charge is 0.341 e. The molecule has 0 aliphatic heterocycles. The monoisotopic (exact) mass is 239 g/mol. The van der Waals surface area contributed by atoms with Crippen molar-refractivity contribution in [2.24, 2.45) is 0 Å². The zero-order valence-corrected chi connectivity index (χ0v) is 9.31. The van der Waals surface area contributed by atoms with E-state index in [1.807, 2.05) is 30.3 Å². The largest absolute Gasteiger partial charge is 0.477 e. The molecule has 0 unspecified atom stereocenters. The van der Waals surface area contributed by atoms with Crippen LogP contribution in [0.4, 0.5) is 0 Å². The summed E-state index contributed by atoms with van der Waals surface area (Å²) in [5, 5.41) is 11.1. The number of carbonyl (C=O) groups is 1. The second-order valence-corrected chi connectivity index (χ2v) is 4.05. The van der Waals surface area contributed by atoms with Crippen molar-refractivity contribution in [3.8, 4) is 0 Å². The van der Waals surface area contributed by atoms with E-state index in [4.69, 9.17) is 5.11 Å². The number of aromatic amines is 1. The van der Waals surface area contributed by atoms with Crippen LogP contribution in [0.5, 0.6) is 0 Å². The number of pyridine rings is 1. The van der Waals surface area contributed by atoms with E-state index in [0.717, 1.165) is 10.8 Å². The van der Waals surface area contributed by atoms with Gasteiger partial charge < -0.3 is 10.1 Å². The van der Waals surface area contributed by atoms with Crippen molar-refractivity contribution in [3.63, 3.8) is 0 Å². The molecule has 0 saturated carbocycles. The molecule has 0 aliphatic carbocycles. The van der Waals surface area contributed by atoms with Gasteiger partial charge in [-0.15, -0.1) is 0 Å². The number of benzene rings is 2. The molecule has 0 fully saturated rings. The molecule has 0 atom stereocenters. The molecule has 2 aromatic carbocycles. The summed E-state index contributed by atoms with van der Waals surface area (Å²) in [6, 6.07) is 11.1. The lowest BCUT2D eigenvalue weighted by molar-refractivity contribution is 0.0695. The third-order valence-electron chi connectivity index (χ3n) is 3.00. The maximum atomic E-state index is 12.2. The van der Waals surface area contributed by atoms with Crippen molar-refractivity contribution >= 4 is 27.6 Å². The zero-order chi connectivity index (χ0) is 12.7. The SMILES string of the molecule is O=C(O)c1c[nH]c2ccc3ccccc3c2c1=O. The summed E-state index contributed by atoms with van der Waals surface area (Å²) < 4.78 is 0. The second kappa shape index (κ2) is 3.70. The van der Waals surface area contributed by atoms with Gasteiger partial charge in [0.25, 0.3) is 0 Å². The number of aromatic carboxylic acids is 1. The van der Waals surface area contributed by atoms with Gasteiger partial charge in [0.05, 0.1) is 5.39 Å². The Labute approximate surface area is 101 Å². The molecule has 0 saturated heterocycles. The van der Waals surface area contributed by atoms with Crippen LogP contribution in [0.1, 0.15) is 10.4 Å². The van der Waals surface area contributed by atoms with Gasteiger partial charge >= 0.3 is 5.97 Å². The predicted octanol–water partition coefficient (Wildman–Crippen LogP) is 2.38. The average molecular weight is 239 g/mol. The fraction of sp³-hybridized carbons (Fsp3) is 0. The van der Waals surface area contributed by atoms with Crippen LogP contribution in [-0.4, -0.2) is 16.1 Å². The van der Waals surface area contributed by atoms with Crippen molar-refractivity contribution in [2.45, 2.75) is 0 Å². The highest BCUT2D eigenvalue weighted by molar-refractivity contribution is 6.07. The van der Waals surface area contributed by atoms with Crippen LogP contribution in [0.15, 0.2) is 47.4 Å². The van der Waals surface area contributed by atoms with Gasteiger partial charge in [0.1, 0.15) is 5.56 Å². The molecule has 0 spiro atoms. The predicted molar refractivity (Wildman–Crippen MR) is 69.0 cm³/mol. The van der Waals surface area contributed by atoms with Gasteiger partial charge in [-0.25, -0.2) is 4.79 Å². The van der Waals surface area contributed by atoms with Crippen molar-refractivity contribution in [1.82, 2.24) is 4.98 Å². The number of rotatable bonds is 1. The lowest BCUT2D eigenvalue weighted by Crippen LogP contribution is -2.15. The maximum Gasteiger partial charge on any atom is 0.341 e. The van der Waals surface area contributed by atoms with Crippen LogP contribution in [0.3, 0.4) is 0 Å². The molecule has 4 heteroatoms. The molecular weight excluding hydrogens is 230 g/mol. The molecule has 4 nitrogen and oxygen atoms in total. The van der Waals surface area contributed by atoms with Gasteiger partial charge in [0, 0.05) is 11.7 Å². The second-order valence-electron chi connectivity index (χ2n) is 4.05. The summed E-state index contributed by atoms with van der Waals surface area (Å²) in [4.78, 5) is 26.0. The third-order valence-corrected chi connectivity index (χ3v) is 3.00. The van der Waals surface area contributed by atoms with Crippen LogP contribution >= 0.6 is 0 Å². The first-order valence-electron chi connectivity index (χ1n) is 5.45. The Balaban J connectivity index is 2.59. The Morgan fingerprint density at radius 1 is 1.11 bits per heavy atom. The Hall–Kier alpha value is -2.62. The Morgan fingerprint density at radius 2 is 1.89 bits per heavy atom. The summed E-state index contributed by atoms with van der Waals surface area (Å²) in [5.74, 6) is -1.22. The molecule has 18 heavy (non-hydrogen) atoms. The highest BCUT2D eigenvalue weighted by atomic mass is 16.4. The van der Waals surface area contributed by atoms with E-state index in [1.165, 1.54) is 6.20 Å². The molecule has 88 valence electrons. The Bertz CT molecular complexity index is 833. The summed E-state index contributed by atoms with van der Waals surface area (Å²) in [6.45, 7) is 0. The van der Waals surface area contributed by atoms with Crippen molar-refractivity contribution in [3.05, 3.63) is 58.4 Å². The molecular formula is C14H9NO3. The Morgan fingerprint density at radius 3 is 2.67 bits per heavy atom. The lowest BCUT2D eigenvalue weighted by atomic mass is 10.0. The number of carboxylic acid groups (broad SMARTS) is 1. The first kappa shape index (κ1) is 10.5. The van der Waals surface area contributed by atoms with E-state index in [9.17, 15) is 9.59 Å². The number of fused-ring (bicyclic) bond motifs is 3. The van der Waals surface area contributed by atoms with Crippen LogP contribution in [0, 0.1) is 0 Å². The molecule has 0 amide bonds. The van der Waals surface area contributed by atoms with Crippen LogP contribution in [0.2, 0.25) is 0 Å². The normalized spacial score (nSPS) is 10.9. The first-order valence-corrected chi connectivity index (χ1v) is 5.45. The molecule has 2 N–H and O–H groups in total. The fourth-order valence-electron chi connectivity index (χ4n) is 2.15. The molecule has 0 aliphatic rings. The minimum atomic E-state index is -1.22. The minimum absolute atomic E-state index is 0.237. The summed E-state index contributed by atoms with van der Waals surface area (Å²) >= 11 is 0. The molecule has 1 aromatic heterocycles. The van der Waals surface area contributed by atoms with E-state index < -0.39 is 11.4 Å². The number of hydrogen-bond acceptors (Lipinski definition) is 2. The standard InChI is InChI=1S/C14H9NO3/c16-13-10(14(17)18)7-15-11-6-5-8-3-1-2-4-9(8)12(11)13/h1-7H,(H,15,16)(H,17,18). The maximum absolute atomic E-state index is 12.2. The van der Waals surface area contributed by atoms with E-state index in [0.29, 0.717) is 10.9 Å². The average Bonchev–Trinajstić information content (AvgIpc) is 2.38. The van der Waals surface area contributed by atoms with E-state index in [1.54, 1.807) is 6.07 Å². The third kappa shape index (κ3) is 1.39. The topological polar surface area (TPSA) is 70.2 Å². The number of nitrogens with one attached hydrogen (secondary N) is 1. The molecule has 1 heterocycles. The summed E-state index contributed by atoms with van der Waals surface area (Å²) in [6.07, 6.45) is 1.24. The van der Waals surface area contributed by atoms with Gasteiger partial charge in [0.2, 0.25) is 5.43 Å². The number of H-pyrrole nitrogens is 1. The van der Waals surface area contributed by atoms with E-state index >= 15 is 0 Å². The highest BCUT2D eigenvalue weighted by Crippen LogP contribution is 2.21. The van der Waals surface area contributed by atoms with Crippen LogP contribution < -0.4 is 5.43 Å². The highest BCUT2D eigenvalue weighted by Gasteiger charge is 2.13. The quantitative estimate of drug-likeness (QED) is 0.640. The van der Waals surface area contributed by atoms with E-state index in [2.05, 4.69) is 4.98 Å². The molecule has 3 rings (SSSR count). The molecule has 0 radical (unpaired) electrons. The van der Waals surface area contributed by atoms with Crippen LogP contribution in [0.25, 0.3) is 21.7 Å². The summed E-state index contributed by atoms with van der Waals surface area (Å²) in [7, 11) is 0. The first-order chi connectivity index (χ1) is 8.68. The Kier molecular flexibility index (Phi) is 2.16. The fourth-order valence-corrected chi connectivity index (χ4v) is 2.15. The van der Waals surface area contributed by atoms with Gasteiger partial charge in [-0.1, -0.05) is 30.3 Å². The number of carboxylic acids is 1. The van der Waals surface area contributed by atoms with E-state index in [-0.39, 0.29) is 5.56 Å².